The van der Waals surface area contributed by atoms with E-state index in [1.807, 2.05) is 0 Å². The zero-order valence-electron chi connectivity index (χ0n) is 6.91. The van der Waals surface area contributed by atoms with Crippen LogP contribution in [0.1, 0.15) is 6.92 Å². The van der Waals surface area contributed by atoms with Gasteiger partial charge in [-0.2, -0.15) is 0 Å². The van der Waals surface area contributed by atoms with Crippen molar-refractivity contribution in [3.05, 3.63) is 12.2 Å². The predicted molar refractivity (Wildman–Crippen MR) is 44.5 cm³/mol. The second-order valence-corrected chi connectivity index (χ2v) is 1.85. The first kappa shape index (κ1) is 13.2. The molecule has 68 valence electrons. The molecular weight excluding hydrogens is 160 g/mol. The molecular formula is C7H12N2O3. The Hall–Kier alpha value is -1.45. The normalized spacial score (nSPS) is 7.17. The van der Waals surface area contributed by atoms with Crippen LogP contribution in [-0.4, -0.2) is 30.2 Å². The number of aliphatic carboxylic acids is 1. The molecule has 0 aliphatic rings. The van der Waals surface area contributed by atoms with Gasteiger partial charge in [0.2, 0.25) is 6.08 Å². The van der Waals surface area contributed by atoms with E-state index in [1.165, 1.54) is 13.0 Å². The van der Waals surface area contributed by atoms with Gasteiger partial charge < -0.3 is 10.8 Å². The highest BCUT2D eigenvalue weighted by Gasteiger charge is 1.90. The Kier molecular flexibility index (Phi) is 10.5. The van der Waals surface area contributed by atoms with E-state index in [-0.39, 0.29) is 5.57 Å². The van der Waals surface area contributed by atoms with E-state index in [4.69, 9.17) is 10.8 Å². The van der Waals surface area contributed by atoms with Crippen LogP contribution >= 0.6 is 0 Å². The van der Waals surface area contributed by atoms with Crippen LogP contribution in [-0.2, 0) is 9.59 Å². The molecule has 0 aliphatic heterocycles. The number of rotatable bonds is 3. The average Bonchev–Trinajstić information content (AvgIpc) is 2.02. The van der Waals surface area contributed by atoms with Gasteiger partial charge in [-0.3, -0.25) is 0 Å². The molecule has 0 rings (SSSR count). The highest BCUT2D eigenvalue weighted by atomic mass is 16.4. The number of carboxylic acids is 1. The first-order valence-electron chi connectivity index (χ1n) is 3.18. The fourth-order valence-electron chi connectivity index (χ4n) is 0.110. The minimum atomic E-state index is -0.935. The van der Waals surface area contributed by atoms with Crippen LogP contribution in [0.15, 0.2) is 17.1 Å². The maximum absolute atomic E-state index is 9.60. The lowest BCUT2D eigenvalue weighted by molar-refractivity contribution is -0.132. The van der Waals surface area contributed by atoms with Crippen molar-refractivity contribution in [1.82, 2.24) is 0 Å². The van der Waals surface area contributed by atoms with Crippen molar-refractivity contribution in [1.29, 1.82) is 0 Å². The lowest BCUT2D eigenvalue weighted by Gasteiger charge is -1.79. The standard InChI is InChI=1S/C4H6O2.C3H6N2O/c1-3(2)4(5)6;4-1-2-5-3-6/h1H2,2H3,(H,5,6);1-2,4H2. The molecule has 0 spiro atoms. The van der Waals surface area contributed by atoms with Gasteiger partial charge in [-0.05, 0) is 6.92 Å². The topological polar surface area (TPSA) is 92.8 Å². The highest BCUT2D eigenvalue weighted by Crippen LogP contribution is 1.81. The molecule has 0 saturated heterocycles. The minimum Gasteiger partial charge on any atom is -0.478 e. The second-order valence-electron chi connectivity index (χ2n) is 1.85. The van der Waals surface area contributed by atoms with Gasteiger partial charge in [-0.1, -0.05) is 6.58 Å². The summed E-state index contributed by atoms with van der Waals surface area (Å²) in [5.74, 6) is -0.935. The van der Waals surface area contributed by atoms with Crippen LogP contribution in [0.3, 0.4) is 0 Å². The molecule has 5 nitrogen and oxygen atoms in total. The van der Waals surface area contributed by atoms with Gasteiger partial charge in [0.05, 0.1) is 6.54 Å². The number of nitrogens with zero attached hydrogens (tertiary/aromatic N) is 1. The number of hydrogen-bond acceptors (Lipinski definition) is 4. The van der Waals surface area contributed by atoms with E-state index in [0.29, 0.717) is 13.1 Å². The maximum atomic E-state index is 9.60. The Balaban J connectivity index is 0. The number of hydrogen-bond donors (Lipinski definition) is 2. The van der Waals surface area contributed by atoms with Crippen LogP contribution in [0, 0.1) is 0 Å². The first-order chi connectivity index (χ1) is 5.56. The Morgan fingerprint density at radius 2 is 2.17 bits per heavy atom. The molecule has 0 aromatic rings. The summed E-state index contributed by atoms with van der Waals surface area (Å²) in [6.07, 6.45) is 1.36. The van der Waals surface area contributed by atoms with Crippen molar-refractivity contribution in [2.75, 3.05) is 13.1 Å². The van der Waals surface area contributed by atoms with Crippen molar-refractivity contribution in [2.24, 2.45) is 10.7 Å². The maximum Gasteiger partial charge on any atom is 0.330 e. The summed E-state index contributed by atoms with van der Waals surface area (Å²) < 4.78 is 0. The van der Waals surface area contributed by atoms with E-state index in [2.05, 4.69) is 11.6 Å². The largest absolute Gasteiger partial charge is 0.478 e. The van der Waals surface area contributed by atoms with Crippen LogP contribution in [0.25, 0.3) is 0 Å². The first-order valence-corrected chi connectivity index (χ1v) is 3.18. The van der Waals surface area contributed by atoms with E-state index in [1.54, 1.807) is 0 Å². The molecule has 0 radical (unpaired) electrons. The Morgan fingerprint density at radius 3 is 2.25 bits per heavy atom. The average molecular weight is 172 g/mol. The smallest absolute Gasteiger partial charge is 0.330 e. The summed E-state index contributed by atoms with van der Waals surface area (Å²) in [4.78, 5) is 22.0. The predicted octanol–water partition coefficient (Wildman–Crippen LogP) is -0.0720. The van der Waals surface area contributed by atoms with Gasteiger partial charge in [-0.25, -0.2) is 14.6 Å². The molecule has 0 heterocycles. The summed E-state index contributed by atoms with van der Waals surface area (Å²) in [6.45, 7) is 5.42. The zero-order chi connectivity index (χ0) is 9.98. The minimum absolute atomic E-state index is 0.176. The molecule has 0 fully saturated rings. The molecule has 5 heteroatoms. The number of aliphatic imine (C=N–C) groups is 1. The lowest BCUT2D eigenvalue weighted by Crippen LogP contribution is -2.01. The third-order valence-electron chi connectivity index (χ3n) is 0.671. The molecule has 0 aromatic heterocycles. The molecule has 0 aliphatic carbocycles. The summed E-state index contributed by atoms with van der Waals surface area (Å²) in [5, 5.41) is 7.89. The van der Waals surface area contributed by atoms with Gasteiger partial charge in [0.25, 0.3) is 0 Å². The molecule has 12 heavy (non-hydrogen) atoms. The number of nitrogens with two attached hydrogens (primary N) is 1. The van der Waals surface area contributed by atoms with Gasteiger partial charge in [0.1, 0.15) is 0 Å². The number of isocyanates is 1. The molecule has 0 aromatic carbocycles. The third-order valence-corrected chi connectivity index (χ3v) is 0.671. The quantitative estimate of drug-likeness (QED) is 0.354. The summed E-state index contributed by atoms with van der Waals surface area (Å²) >= 11 is 0. The fourth-order valence-corrected chi connectivity index (χ4v) is 0.110. The molecule has 0 saturated carbocycles. The lowest BCUT2D eigenvalue weighted by atomic mass is 10.4. The Morgan fingerprint density at radius 1 is 1.75 bits per heavy atom. The fraction of sp³-hybridized carbons (Fsp3) is 0.429. The van der Waals surface area contributed by atoms with Gasteiger partial charge in [0.15, 0.2) is 0 Å². The van der Waals surface area contributed by atoms with Crippen molar-refractivity contribution >= 4 is 12.0 Å². The monoisotopic (exact) mass is 172 g/mol. The molecule has 0 unspecified atom stereocenters. The van der Waals surface area contributed by atoms with E-state index >= 15 is 0 Å². The third kappa shape index (κ3) is 15.8. The van der Waals surface area contributed by atoms with E-state index in [9.17, 15) is 9.59 Å². The van der Waals surface area contributed by atoms with Gasteiger partial charge in [0, 0.05) is 12.1 Å². The van der Waals surface area contributed by atoms with Gasteiger partial charge >= 0.3 is 5.97 Å². The summed E-state index contributed by atoms with van der Waals surface area (Å²) in [5.41, 5.74) is 5.12. The molecule has 0 bridgehead atoms. The van der Waals surface area contributed by atoms with E-state index < -0.39 is 5.97 Å². The number of carboxylic acid groups (broad SMARTS) is 1. The van der Waals surface area contributed by atoms with Crippen LogP contribution in [0.5, 0.6) is 0 Å². The summed E-state index contributed by atoms with van der Waals surface area (Å²) in [7, 11) is 0. The number of carbonyl (C=O) groups is 1. The Labute approximate surface area is 70.6 Å². The highest BCUT2D eigenvalue weighted by molar-refractivity contribution is 5.84. The SMILES string of the molecule is C=C(C)C(=O)O.NCCN=C=O. The van der Waals surface area contributed by atoms with Crippen LogP contribution in [0.4, 0.5) is 0 Å². The summed E-state index contributed by atoms with van der Waals surface area (Å²) in [6, 6.07) is 0. The second kappa shape index (κ2) is 9.55. The molecule has 3 N–H and O–H groups in total. The van der Waals surface area contributed by atoms with Crippen molar-refractivity contribution < 1.29 is 14.7 Å². The van der Waals surface area contributed by atoms with E-state index in [0.717, 1.165) is 0 Å². The van der Waals surface area contributed by atoms with Crippen LogP contribution in [0.2, 0.25) is 0 Å². The van der Waals surface area contributed by atoms with Crippen molar-refractivity contribution in [3.63, 3.8) is 0 Å². The molecule has 0 amide bonds. The number of carbonyl (C=O) groups excluding carboxylic acids is 1. The van der Waals surface area contributed by atoms with Crippen LogP contribution < -0.4 is 5.73 Å². The zero-order valence-corrected chi connectivity index (χ0v) is 6.91. The Bertz CT molecular complexity index is 183. The van der Waals surface area contributed by atoms with Crippen molar-refractivity contribution in [3.8, 4) is 0 Å². The molecule has 0 atom stereocenters. The van der Waals surface area contributed by atoms with Gasteiger partial charge in [-0.15, -0.1) is 0 Å². The van der Waals surface area contributed by atoms with Crippen molar-refractivity contribution in [2.45, 2.75) is 6.92 Å².